The Balaban J connectivity index is 0.000000180. The molecule has 5 N–H and O–H groups in total. The van der Waals surface area contributed by atoms with Crippen molar-refractivity contribution in [3.63, 3.8) is 0 Å². The molecule has 1 aliphatic heterocycles. The average Bonchev–Trinajstić information content (AvgIpc) is 3.57. The number of methoxy groups -OCH3 is 2. The van der Waals surface area contributed by atoms with Gasteiger partial charge >= 0.3 is 4.87 Å². The van der Waals surface area contributed by atoms with E-state index in [0.29, 0.717) is 24.6 Å². The van der Waals surface area contributed by atoms with E-state index >= 15 is 0 Å². The Morgan fingerprint density at radius 2 is 1.73 bits per heavy atom. The van der Waals surface area contributed by atoms with Gasteiger partial charge in [-0.1, -0.05) is 67.5 Å². The van der Waals surface area contributed by atoms with Crippen molar-refractivity contribution in [3.05, 3.63) is 94.6 Å². The summed E-state index contributed by atoms with van der Waals surface area (Å²) in [7, 11) is 3.20. The van der Waals surface area contributed by atoms with Crippen molar-refractivity contribution in [1.82, 2.24) is 15.4 Å². The van der Waals surface area contributed by atoms with Gasteiger partial charge in [0.1, 0.15) is 17.5 Å². The van der Waals surface area contributed by atoms with Gasteiger partial charge in [-0.3, -0.25) is 19.2 Å². The summed E-state index contributed by atoms with van der Waals surface area (Å²) in [6, 6.07) is 21.7. The molecule has 1 saturated carbocycles. The van der Waals surface area contributed by atoms with Gasteiger partial charge in [0.2, 0.25) is 11.8 Å². The van der Waals surface area contributed by atoms with Crippen LogP contribution in [-0.4, -0.2) is 61.0 Å². The number of hydrogen-bond donors (Lipinski definition) is 4. The summed E-state index contributed by atoms with van der Waals surface area (Å²) in [4.78, 5) is 55.6. The predicted octanol–water partition coefficient (Wildman–Crippen LogP) is 6.05. The SMILES string of the molecule is CCCCC/C=C\C1CC1C(=O)NOc1ccccc1.COc1ccc2[nH]c(=O)sc2c1.COc1cccc(NCC(=O)N2CCCC2C(N)=O)c1. The van der Waals surface area contributed by atoms with Gasteiger partial charge in [-0.05, 0) is 80.5 Å². The van der Waals surface area contributed by atoms with Crippen molar-refractivity contribution < 1.29 is 28.7 Å². The predicted molar refractivity (Wildman–Crippen MR) is 205 cm³/mol. The fraction of sp³-hybridized carbons (Fsp3) is 0.385. The number of unbranched alkanes of at least 4 members (excludes halogenated alkanes) is 3. The molecule has 3 amide bonds. The van der Waals surface area contributed by atoms with Crippen LogP contribution >= 0.6 is 11.3 Å². The third-order valence-electron chi connectivity index (χ3n) is 8.59. The van der Waals surface area contributed by atoms with Crippen LogP contribution < -0.4 is 35.7 Å². The maximum Gasteiger partial charge on any atom is 0.305 e. The number of nitrogens with zero attached hydrogens (tertiary/aromatic N) is 1. The molecule has 0 radical (unpaired) electrons. The first-order valence-corrected chi connectivity index (χ1v) is 18.4. The number of para-hydroxylation sites is 1. The van der Waals surface area contributed by atoms with Gasteiger partial charge < -0.3 is 35.2 Å². The highest BCUT2D eigenvalue weighted by molar-refractivity contribution is 7.16. The summed E-state index contributed by atoms with van der Waals surface area (Å²) >= 11 is 1.19. The number of ether oxygens (including phenoxy) is 2. The molecule has 1 aromatic heterocycles. The maximum absolute atomic E-state index is 12.1. The van der Waals surface area contributed by atoms with Crippen molar-refractivity contribution >= 4 is 45.0 Å². The van der Waals surface area contributed by atoms with Crippen LogP contribution in [0.1, 0.15) is 51.9 Å². The number of primary amides is 1. The molecule has 3 aromatic carbocycles. The summed E-state index contributed by atoms with van der Waals surface area (Å²) in [6.07, 6.45) is 11.7. The lowest BCUT2D eigenvalue weighted by Gasteiger charge is -2.22. The monoisotopic (exact) mass is 731 g/mol. The third kappa shape index (κ3) is 12.5. The number of benzene rings is 3. The van der Waals surface area contributed by atoms with Crippen LogP contribution in [0.4, 0.5) is 5.69 Å². The molecular weight excluding hydrogens is 683 g/mol. The first kappa shape index (κ1) is 39.5. The second kappa shape index (κ2) is 20.5. The van der Waals surface area contributed by atoms with E-state index < -0.39 is 11.9 Å². The van der Waals surface area contributed by atoms with E-state index in [-0.39, 0.29) is 29.1 Å². The summed E-state index contributed by atoms with van der Waals surface area (Å²) in [5.74, 6) is 2.07. The Bertz CT molecular complexity index is 1830. The smallest absolute Gasteiger partial charge is 0.305 e. The van der Waals surface area contributed by atoms with Crippen LogP contribution in [0, 0.1) is 11.8 Å². The van der Waals surface area contributed by atoms with Gasteiger partial charge in [0.25, 0.3) is 5.91 Å². The standard InChI is InChI=1S/C17H23NO2.C14H19N3O3.C8H7NO2S/c1-2-3-4-5-7-10-14-13-16(14)17(19)18-20-15-11-8-6-9-12-15;1-20-11-5-2-4-10(8-11)16-9-13(18)17-7-3-6-12(17)14(15)19;1-11-5-2-3-6-7(4-5)12-8(10)9-6/h6-12,14,16H,2-5,13H2,1H3,(H,18,19);2,4-5,8,12,16H,3,6-7,9H2,1H3,(H2,15,19);2-4H,1H3,(H,9,10)/b10-7-;;. The van der Waals surface area contributed by atoms with Crippen molar-refractivity contribution in [3.8, 4) is 17.2 Å². The van der Waals surface area contributed by atoms with Crippen molar-refractivity contribution in [1.29, 1.82) is 0 Å². The molecule has 6 rings (SSSR count). The molecule has 4 aromatic rings. The van der Waals surface area contributed by atoms with E-state index in [1.807, 2.05) is 72.8 Å². The zero-order valence-corrected chi connectivity index (χ0v) is 30.8. The lowest BCUT2D eigenvalue weighted by molar-refractivity contribution is -0.135. The second-order valence-electron chi connectivity index (χ2n) is 12.4. The number of allylic oxidation sites excluding steroid dienone is 2. The first-order valence-electron chi connectivity index (χ1n) is 17.5. The molecule has 0 bridgehead atoms. The second-order valence-corrected chi connectivity index (χ2v) is 13.4. The molecule has 1 saturated heterocycles. The minimum atomic E-state index is -0.463. The van der Waals surface area contributed by atoms with Gasteiger partial charge in [0.15, 0.2) is 5.75 Å². The molecule has 2 heterocycles. The number of amides is 3. The van der Waals surface area contributed by atoms with E-state index in [0.717, 1.165) is 46.7 Å². The van der Waals surface area contributed by atoms with E-state index in [1.54, 1.807) is 19.1 Å². The number of carbonyl (C=O) groups is 3. The van der Waals surface area contributed by atoms with Crippen LogP contribution in [0.2, 0.25) is 0 Å². The zero-order chi connectivity index (χ0) is 37.3. The number of rotatable bonds is 14. The number of nitrogens with two attached hydrogens (primary N) is 1. The number of aromatic amines is 1. The summed E-state index contributed by atoms with van der Waals surface area (Å²) in [6.45, 7) is 2.93. The lowest BCUT2D eigenvalue weighted by atomic mass is 10.2. The van der Waals surface area contributed by atoms with Crippen molar-refractivity contribution in [2.45, 2.75) is 57.9 Å². The molecule has 13 heteroatoms. The summed E-state index contributed by atoms with van der Waals surface area (Å²) < 4.78 is 11.1. The highest BCUT2D eigenvalue weighted by Gasteiger charge is 2.41. The van der Waals surface area contributed by atoms with E-state index in [1.165, 1.54) is 30.6 Å². The van der Waals surface area contributed by atoms with Gasteiger partial charge in [-0.15, -0.1) is 0 Å². The van der Waals surface area contributed by atoms with Crippen LogP contribution in [0.25, 0.3) is 10.2 Å². The number of carbonyl (C=O) groups excluding carboxylic acids is 3. The van der Waals surface area contributed by atoms with Gasteiger partial charge in [-0.25, -0.2) is 0 Å². The molecule has 2 aliphatic rings. The minimum Gasteiger partial charge on any atom is -0.497 e. The van der Waals surface area contributed by atoms with Crippen molar-refractivity contribution in [2.75, 3.05) is 32.6 Å². The highest BCUT2D eigenvalue weighted by Crippen LogP contribution is 2.40. The van der Waals surface area contributed by atoms with Crippen LogP contribution in [0.15, 0.2) is 89.7 Å². The van der Waals surface area contributed by atoms with Gasteiger partial charge in [0, 0.05) is 24.2 Å². The number of thiazole rings is 1. The largest absolute Gasteiger partial charge is 0.497 e. The van der Waals surface area contributed by atoms with E-state index in [4.69, 9.17) is 20.0 Å². The zero-order valence-electron chi connectivity index (χ0n) is 30.0. The number of likely N-dealkylation sites (tertiary alicyclic amines) is 1. The van der Waals surface area contributed by atoms with E-state index in [2.05, 4.69) is 34.9 Å². The van der Waals surface area contributed by atoms with E-state index in [9.17, 15) is 19.2 Å². The molecule has 0 spiro atoms. The Kier molecular flexibility index (Phi) is 15.6. The fourth-order valence-electron chi connectivity index (χ4n) is 5.61. The molecule has 2 fully saturated rings. The van der Waals surface area contributed by atoms with Crippen molar-refractivity contribution in [2.24, 2.45) is 17.6 Å². The summed E-state index contributed by atoms with van der Waals surface area (Å²) in [5, 5.41) is 3.03. The molecule has 1 aliphatic carbocycles. The Morgan fingerprint density at radius 1 is 0.981 bits per heavy atom. The lowest BCUT2D eigenvalue weighted by Crippen LogP contribution is -2.45. The van der Waals surface area contributed by atoms with Gasteiger partial charge in [-0.2, -0.15) is 5.48 Å². The number of hydrogen-bond acceptors (Lipinski definition) is 9. The quantitative estimate of drug-likeness (QED) is 0.0692. The van der Waals surface area contributed by atoms with Crippen LogP contribution in [-0.2, 0) is 14.4 Å². The maximum atomic E-state index is 12.1. The molecule has 52 heavy (non-hydrogen) atoms. The molecular formula is C39H49N5O7S. The number of aromatic nitrogens is 1. The molecule has 3 atom stereocenters. The molecule has 3 unspecified atom stereocenters. The molecule has 278 valence electrons. The summed E-state index contributed by atoms with van der Waals surface area (Å²) in [5.41, 5.74) is 9.50. The minimum absolute atomic E-state index is 0.0166. The first-order chi connectivity index (χ1) is 25.2. The normalized spacial score (nSPS) is 17.3. The Labute approximate surface area is 308 Å². The van der Waals surface area contributed by atoms with Crippen LogP contribution in [0.3, 0.4) is 0 Å². The number of hydroxylamine groups is 1. The number of H-pyrrole nitrogens is 1. The highest BCUT2D eigenvalue weighted by atomic mass is 32.1. The Hall–Kier alpha value is -5.30. The Morgan fingerprint density at radius 3 is 2.46 bits per heavy atom. The fourth-order valence-corrected chi connectivity index (χ4v) is 6.38. The van der Waals surface area contributed by atoms with Gasteiger partial charge in [0.05, 0.1) is 31.0 Å². The van der Waals surface area contributed by atoms with Crippen LogP contribution in [0.5, 0.6) is 17.2 Å². The average molecular weight is 732 g/mol. The topological polar surface area (TPSA) is 165 Å². The third-order valence-corrected chi connectivity index (χ3v) is 9.44. The number of fused-ring (bicyclic) bond motifs is 1. The molecule has 12 nitrogen and oxygen atoms in total. The number of anilines is 1. The number of nitrogens with one attached hydrogen (secondary N) is 3.